The SMILES string of the molecule is CN1CCN(c2cc(C(=O)Nc3cccc([N+](=O)[O-])c3N)cc(C(F)(F)F)c2)CC1. The first-order valence-electron chi connectivity index (χ1n) is 9.06. The third-order valence-electron chi connectivity index (χ3n) is 4.90. The highest BCUT2D eigenvalue weighted by Crippen LogP contribution is 2.34. The lowest BCUT2D eigenvalue weighted by molar-refractivity contribution is -0.383. The summed E-state index contributed by atoms with van der Waals surface area (Å²) in [5, 5.41) is 13.4. The number of nitrogens with two attached hydrogens (primary N) is 1. The maximum Gasteiger partial charge on any atom is 0.416 e. The predicted octanol–water partition coefficient (Wildman–Crippen LogP) is 3.20. The summed E-state index contributed by atoms with van der Waals surface area (Å²) in [6, 6.07) is 6.98. The van der Waals surface area contributed by atoms with Crippen LogP contribution in [0.15, 0.2) is 36.4 Å². The van der Waals surface area contributed by atoms with E-state index in [0.29, 0.717) is 26.2 Å². The lowest BCUT2D eigenvalue weighted by atomic mass is 10.1. The van der Waals surface area contributed by atoms with Crippen molar-refractivity contribution in [1.29, 1.82) is 0 Å². The Bertz CT molecular complexity index is 972. The van der Waals surface area contributed by atoms with Crippen molar-refractivity contribution in [1.82, 2.24) is 4.90 Å². The summed E-state index contributed by atoms with van der Waals surface area (Å²) in [6.45, 7) is 2.41. The molecule has 8 nitrogen and oxygen atoms in total. The summed E-state index contributed by atoms with van der Waals surface area (Å²) >= 11 is 0. The fraction of sp³-hybridized carbons (Fsp3) is 0.316. The maximum atomic E-state index is 13.4. The first kappa shape index (κ1) is 21.4. The minimum absolute atomic E-state index is 0.0484. The molecule has 1 aliphatic rings. The number of nitrogens with one attached hydrogen (secondary N) is 1. The minimum atomic E-state index is -4.64. The molecule has 1 heterocycles. The second-order valence-corrected chi connectivity index (χ2v) is 7.01. The molecule has 0 atom stereocenters. The monoisotopic (exact) mass is 423 g/mol. The van der Waals surface area contributed by atoms with Gasteiger partial charge in [-0.25, -0.2) is 0 Å². The average molecular weight is 423 g/mol. The van der Waals surface area contributed by atoms with E-state index in [4.69, 9.17) is 5.73 Å². The Balaban J connectivity index is 1.94. The van der Waals surface area contributed by atoms with Gasteiger partial charge in [-0.3, -0.25) is 14.9 Å². The number of nitro groups is 1. The van der Waals surface area contributed by atoms with Crippen molar-refractivity contribution in [2.45, 2.75) is 6.18 Å². The van der Waals surface area contributed by atoms with Gasteiger partial charge in [-0.05, 0) is 31.3 Å². The zero-order chi connectivity index (χ0) is 22.1. The van der Waals surface area contributed by atoms with Crippen molar-refractivity contribution >= 4 is 28.7 Å². The van der Waals surface area contributed by atoms with E-state index in [1.165, 1.54) is 24.3 Å². The molecule has 0 radical (unpaired) electrons. The van der Waals surface area contributed by atoms with Crippen LogP contribution < -0.4 is 16.0 Å². The van der Waals surface area contributed by atoms with Gasteiger partial charge in [0.2, 0.25) is 0 Å². The number of nitrogens with zero attached hydrogens (tertiary/aromatic N) is 3. The van der Waals surface area contributed by atoms with Crippen molar-refractivity contribution in [2.75, 3.05) is 49.2 Å². The van der Waals surface area contributed by atoms with Gasteiger partial charge in [0.1, 0.15) is 5.69 Å². The highest BCUT2D eigenvalue weighted by atomic mass is 19.4. The molecule has 1 fully saturated rings. The number of hydrogen-bond acceptors (Lipinski definition) is 6. The summed E-state index contributed by atoms with van der Waals surface area (Å²) in [7, 11) is 1.92. The molecule has 0 spiro atoms. The number of halogens is 3. The van der Waals surface area contributed by atoms with Gasteiger partial charge in [-0.15, -0.1) is 0 Å². The number of carbonyl (C=O) groups is 1. The Hall–Kier alpha value is -3.34. The van der Waals surface area contributed by atoms with Gasteiger partial charge in [0.05, 0.1) is 16.2 Å². The molecule has 0 unspecified atom stereocenters. The van der Waals surface area contributed by atoms with Crippen molar-refractivity contribution in [3.05, 3.63) is 57.6 Å². The quantitative estimate of drug-likeness (QED) is 0.445. The number of rotatable bonds is 4. The molecule has 1 aliphatic heterocycles. The van der Waals surface area contributed by atoms with Crippen LogP contribution in [0.4, 0.5) is 35.9 Å². The van der Waals surface area contributed by atoms with Crippen molar-refractivity contribution in [3.63, 3.8) is 0 Å². The van der Waals surface area contributed by atoms with Crippen LogP contribution in [0.3, 0.4) is 0 Å². The molecular weight excluding hydrogens is 403 g/mol. The summed E-state index contributed by atoms with van der Waals surface area (Å²) in [6.07, 6.45) is -4.64. The van der Waals surface area contributed by atoms with E-state index >= 15 is 0 Å². The number of piperazine rings is 1. The Morgan fingerprint density at radius 3 is 2.43 bits per heavy atom. The van der Waals surface area contributed by atoms with Gasteiger partial charge >= 0.3 is 6.18 Å². The van der Waals surface area contributed by atoms with Crippen molar-refractivity contribution < 1.29 is 22.9 Å². The Labute approximate surface area is 170 Å². The highest BCUT2D eigenvalue weighted by molar-refractivity contribution is 6.07. The van der Waals surface area contributed by atoms with Crippen molar-refractivity contribution in [3.8, 4) is 0 Å². The lowest BCUT2D eigenvalue weighted by Gasteiger charge is -2.34. The van der Waals surface area contributed by atoms with Crippen LogP contribution in [-0.2, 0) is 6.18 Å². The van der Waals surface area contributed by atoms with Crippen LogP contribution in [0.1, 0.15) is 15.9 Å². The van der Waals surface area contributed by atoms with Crippen LogP contribution in [0.5, 0.6) is 0 Å². The second kappa shape index (κ2) is 8.19. The summed E-state index contributed by atoms with van der Waals surface area (Å²) in [5.41, 5.74) is 4.11. The molecule has 11 heteroatoms. The van der Waals surface area contributed by atoms with Gasteiger partial charge in [0.15, 0.2) is 0 Å². The van der Waals surface area contributed by atoms with Crippen LogP contribution >= 0.6 is 0 Å². The first-order valence-corrected chi connectivity index (χ1v) is 9.06. The fourth-order valence-electron chi connectivity index (χ4n) is 3.17. The smallest absolute Gasteiger partial charge is 0.391 e. The molecule has 2 aromatic carbocycles. The topological polar surface area (TPSA) is 105 Å². The maximum absolute atomic E-state index is 13.4. The standard InChI is InChI=1S/C19H20F3N5O3/c1-25-5-7-26(8-6-25)14-10-12(9-13(11-14)19(20,21)22)18(28)24-15-3-2-4-16(17(15)23)27(29)30/h2-4,9-11H,5-8,23H2,1H3,(H,24,28). The minimum Gasteiger partial charge on any atom is -0.391 e. The number of alkyl halides is 3. The van der Waals surface area contributed by atoms with Crippen LogP contribution in [0, 0.1) is 10.1 Å². The number of nitrogen functional groups attached to an aromatic ring is 1. The Morgan fingerprint density at radius 1 is 1.17 bits per heavy atom. The molecule has 1 amide bonds. The normalized spacial score (nSPS) is 15.1. The molecule has 0 aliphatic carbocycles. The highest BCUT2D eigenvalue weighted by Gasteiger charge is 2.33. The van der Waals surface area contributed by atoms with Crippen LogP contribution in [0.2, 0.25) is 0 Å². The largest absolute Gasteiger partial charge is 0.416 e. The average Bonchev–Trinajstić information content (AvgIpc) is 2.68. The molecule has 1 saturated heterocycles. The van der Waals surface area contributed by atoms with Gasteiger partial charge < -0.3 is 20.9 Å². The van der Waals surface area contributed by atoms with E-state index in [1.807, 2.05) is 7.05 Å². The molecule has 0 saturated carbocycles. The van der Waals surface area contributed by atoms with E-state index in [1.54, 1.807) is 4.90 Å². The number of nitro benzene ring substituents is 1. The van der Waals surface area contributed by atoms with E-state index in [9.17, 15) is 28.1 Å². The number of anilines is 3. The third-order valence-corrected chi connectivity index (χ3v) is 4.90. The van der Waals surface area contributed by atoms with Gasteiger partial charge in [-0.2, -0.15) is 13.2 Å². The first-order chi connectivity index (χ1) is 14.1. The second-order valence-electron chi connectivity index (χ2n) is 7.01. The number of carbonyl (C=O) groups excluding carboxylic acids is 1. The van der Waals surface area contributed by atoms with E-state index < -0.39 is 28.3 Å². The fourth-order valence-corrected chi connectivity index (χ4v) is 3.17. The van der Waals surface area contributed by atoms with Crippen LogP contribution in [-0.4, -0.2) is 49.0 Å². The molecule has 3 N–H and O–H groups in total. The molecule has 30 heavy (non-hydrogen) atoms. The molecule has 0 aromatic heterocycles. The van der Waals surface area contributed by atoms with Crippen LogP contribution in [0.25, 0.3) is 0 Å². The number of hydrogen-bond donors (Lipinski definition) is 2. The zero-order valence-electron chi connectivity index (χ0n) is 16.1. The summed E-state index contributed by atoms with van der Waals surface area (Å²) in [5.74, 6) is -0.844. The van der Waals surface area contributed by atoms with E-state index in [2.05, 4.69) is 10.2 Å². The molecule has 0 bridgehead atoms. The number of amides is 1. The van der Waals surface area contributed by atoms with Gasteiger partial charge in [-0.1, -0.05) is 6.07 Å². The summed E-state index contributed by atoms with van der Waals surface area (Å²) in [4.78, 5) is 26.8. The lowest BCUT2D eigenvalue weighted by Crippen LogP contribution is -2.44. The summed E-state index contributed by atoms with van der Waals surface area (Å²) < 4.78 is 40.3. The number of likely N-dealkylation sites (N-methyl/N-ethyl adjacent to an activating group) is 1. The van der Waals surface area contributed by atoms with E-state index in [-0.39, 0.29) is 22.6 Å². The Morgan fingerprint density at radius 2 is 1.83 bits per heavy atom. The Kier molecular flexibility index (Phi) is 5.83. The van der Waals surface area contributed by atoms with E-state index in [0.717, 1.165) is 12.1 Å². The van der Waals surface area contributed by atoms with Crippen molar-refractivity contribution in [2.24, 2.45) is 0 Å². The predicted molar refractivity (Wildman–Crippen MR) is 107 cm³/mol. The molecule has 2 aromatic rings. The number of para-hydroxylation sites is 1. The molecule has 3 rings (SSSR count). The third kappa shape index (κ3) is 4.62. The van der Waals surface area contributed by atoms with Gasteiger partial charge in [0.25, 0.3) is 11.6 Å². The van der Waals surface area contributed by atoms with Gasteiger partial charge in [0, 0.05) is 43.5 Å². The zero-order valence-corrected chi connectivity index (χ0v) is 16.1. The number of benzene rings is 2. The molecule has 160 valence electrons. The molecular formula is C19H20F3N5O3.